The second kappa shape index (κ2) is 6.47. The number of thiophene rings is 1. The van der Waals surface area contributed by atoms with Crippen LogP contribution in [0, 0.1) is 0 Å². The molecular formula is C13H16BrN3OS. The fourth-order valence-electron chi connectivity index (χ4n) is 1.76. The first-order valence-electron chi connectivity index (χ1n) is 5.92. The third-order valence-electron chi connectivity index (χ3n) is 2.51. The van der Waals surface area contributed by atoms with Crippen LogP contribution >= 0.6 is 27.3 Å². The van der Waals surface area contributed by atoms with E-state index in [-0.39, 0.29) is 12.1 Å². The molecule has 6 heteroatoms. The molecule has 0 spiro atoms. The molecule has 3 N–H and O–H groups in total. The van der Waals surface area contributed by atoms with Gasteiger partial charge in [0.1, 0.15) is 5.75 Å². The molecule has 19 heavy (non-hydrogen) atoms. The molecule has 2 aromatic heterocycles. The molecular weight excluding hydrogens is 326 g/mol. The van der Waals surface area contributed by atoms with Crippen LogP contribution in [0.2, 0.25) is 0 Å². The Morgan fingerprint density at radius 1 is 1.42 bits per heavy atom. The highest BCUT2D eigenvalue weighted by atomic mass is 79.9. The fraction of sp³-hybridized carbons (Fsp3) is 0.308. The van der Waals surface area contributed by atoms with Gasteiger partial charge >= 0.3 is 0 Å². The molecule has 0 amide bonds. The highest BCUT2D eigenvalue weighted by molar-refractivity contribution is 9.10. The largest absolute Gasteiger partial charge is 0.489 e. The molecule has 1 atom stereocenters. The zero-order valence-electron chi connectivity index (χ0n) is 10.8. The molecule has 4 nitrogen and oxygen atoms in total. The number of pyridine rings is 1. The van der Waals surface area contributed by atoms with Gasteiger partial charge in [0, 0.05) is 15.5 Å². The number of nitrogens with two attached hydrogens (primary N) is 1. The number of aromatic nitrogens is 1. The summed E-state index contributed by atoms with van der Waals surface area (Å²) in [6, 6.07) is 3.87. The number of hydrogen-bond acceptors (Lipinski definition) is 5. The lowest BCUT2D eigenvalue weighted by molar-refractivity contribution is 0.241. The number of hydrogen-bond donors (Lipinski definition) is 2. The van der Waals surface area contributed by atoms with Crippen LogP contribution in [0.25, 0.3) is 0 Å². The first-order valence-corrected chi connectivity index (χ1v) is 7.59. The van der Waals surface area contributed by atoms with Crippen molar-refractivity contribution >= 4 is 27.3 Å². The van der Waals surface area contributed by atoms with E-state index in [2.05, 4.69) is 26.3 Å². The lowest BCUT2D eigenvalue weighted by atomic mass is 10.1. The van der Waals surface area contributed by atoms with Gasteiger partial charge in [0.05, 0.1) is 18.3 Å². The molecule has 2 aromatic rings. The number of halogens is 1. The van der Waals surface area contributed by atoms with E-state index in [9.17, 15) is 0 Å². The van der Waals surface area contributed by atoms with E-state index in [0.717, 1.165) is 20.7 Å². The van der Waals surface area contributed by atoms with Crippen LogP contribution in [0.3, 0.4) is 0 Å². The van der Waals surface area contributed by atoms with Crippen molar-refractivity contribution in [1.29, 1.82) is 0 Å². The van der Waals surface area contributed by atoms with Gasteiger partial charge in [0.15, 0.2) is 0 Å². The molecule has 1 unspecified atom stereocenters. The smallest absolute Gasteiger partial charge is 0.138 e. The van der Waals surface area contributed by atoms with Gasteiger partial charge in [0.2, 0.25) is 0 Å². The minimum atomic E-state index is -0.0995. The van der Waals surface area contributed by atoms with Crippen LogP contribution < -0.4 is 16.0 Å². The van der Waals surface area contributed by atoms with Crippen molar-refractivity contribution in [3.05, 3.63) is 44.8 Å². The molecule has 0 saturated carbocycles. The molecule has 2 heterocycles. The summed E-state index contributed by atoms with van der Waals surface area (Å²) in [5.41, 5.74) is 3.80. The maximum Gasteiger partial charge on any atom is 0.138 e. The monoisotopic (exact) mass is 341 g/mol. The highest BCUT2D eigenvalue weighted by Gasteiger charge is 2.17. The van der Waals surface area contributed by atoms with Gasteiger partial charge in [-0.05, 0) is 52.9 Å². The van der Waals surface area contributed by atoms with E-state index < -0.39 is 0 Å². The Morgan fingerprint density at radius 2 is 2.21 bits per heavy atom. The molecule has 0 aliphatic carbocycles. The maximum absolute atomic E-state index is 5.68. The Morgan fingerprint density at radius 3 is 2.79 bits per heavy atom. The minimum Gasteiger partial charge on any atom is -0.489 e. The normalized spacial score (nSPS) is 12.7. The van der Waals surface area contributed by atoms with Gasteiger partial charge in [-0.1, -0.05) is 0 Å². The minimum absolute atomic E-state index is 0.0995. The van der Waals surface area contributed by atoms with E-state index in [4.69, 9.17) is 10.6 Å². The average Bonchev–Trinajstić information content (AvgIpc) is 2.77. The fourth-order valence-corrected chi connectivity index (χ4v) is 3.45. The summed E-state index contributed by atoms with van der Waals surface area (Å²) in [5, 5.41) is 2.02. The Balaban J connectivity index is 2.31. The summed E-state index contributed by atoms with van der Waals surface area (Å²) >= 11 is 5.17. The molecule has 0 fully saturated rings. The Bertz CT molecular complexity index is 544. The van der Waals surface area contributed by atoms with Crippen molar-refractivity contribution < 1.29 is 4.74 Å². The van der Waals surface area contributed by atoms with E-state index in [0.29, 0.717) is 0 Å². The summed E-state index contributed by atoms with van der Waals surface area (Å²) in [6.07, 6.45) is 3.62. The Labute approximate surface area is 125 Å². The van der Waals surface area contributed by atoms with Crippen molar-refractivity contribution in [3.8, 4) is 5.75 Å². The Hall–Kier alpha value is -0.950. The number of ether oxygens (including phenoxy) is 1. The van der Waals surface area contributed by atoms with Gasteiger partial charge in [-0.2, -0.15) is 0 Å². The van der Waals surface area contributed by atoms with E-state index in [1.165, 1.54) is 0 Å². The number of nitrogens with zero attached hydrogens (tertiary/aromatic N) is 1. The second-order valence-electron chi connectivity index (χ2n) is 4.35. The summed E-state index contributed by atoms with van der Waals surface area (Å²) in [6.45, 7) is 3.97. The van der Waals surface area contributed by atoms with E-state index >= 15 is 0 Å². The summed E-state index contributed by atoms with van der Waals surface area (Å²) in [5.74, 6) is 6.43. The summed E-state index contributed by atoms with van der Waals surface area (Å²) in [7, 11) is 0. The zero-order chi connectivity index (χ0) is 13.8. The third kappa shape index (κ3) is 3.54. The van der Waals surface area contributed by atoms with Crippen LogP contribution in [0.15, 0.2) is 34.4 Å². The number of nitrogens with one attached hydrogen (secondary N) is 1. The molecule has 0 bridgehead atoms. The van der Waals surface area contributed by atoms with Crippen molar-refractivity contribution in [3.63, 3.8) is 0 Å². The molecule has 102 valence electrons. The van der Waals surface area contributed by atoms with Crippen molar-refractivity contribution in [1.82, 2.24) is 10.4 Å². The van der Waals surface area contributed by atoms with Crippen LogP contribution in [-0.2, 0) is 0 Å². The predicted octanol–water partition coefficient (Wildman–Crippen LogP) is 3.25. The lowest BCUT2D eigenvalue weighted by Gasteiger charge is -2.17. The van der Waals surface area contributed by atoms with Crippen LogP contribution in [-0.4, -0.2) is 11.1 Å². The third-order valence-corrected chi connectivity index (χ3v) is 4.45. The molecule has 0 aromatic carbocycles. The van der Waals surface area contributed by atoms with Crippen LogP contribution in [0.1, 0.15) is 30.3 Å². The summed E-state index contributed by atoms with van der Waals surface area (Å²) in [4.78, 5) is 5.33. The number of hydrazine groups is 1. The molecule has 0 aliphatic heterocycles. The molecule has 0 saturated heterocycles. The molecule has 0 radical (unpaired) electrons. The number of rotatable bonds is 5. The van der Waals surface area contributed by atoms with Gasteiger partial charge in [0.25, 0.3) is 0 Å². The van der Waals surface area contributed by atoms with E-state index in [1.807, 2.05) is 31.4 Å². The van der Waals surface area contributed by atoms with Gasteiger partial charge in [-0.15, -0.1) is 11.3 Å². The first-order chi connectivity index (χ1) is 9.11. The predicted molar refractivity (Wildman–Crippen MR) is 81.2 cm³/mol. The maximum atomic E-state index is 5.68. The van der Waals surface area contributed by atoms with Gasteiger partial charge < -0.3 is 4.74 Å². The standard InChI is InChI=1S/C13H16BrN3OS/c1-8(2)18-10-5-9(6-16-7-10)12(17-15)13-11(14)3-4-19-13/h3-8,12,17H,15H2,1-2H3. The SMILES string of the molecule is CC(C)Oc1cncc(C(NN)c2sccc2Br)c1. The summed E-state index contributed by atoms with van der Waals surface area (Å²) < 4.78 is 6.70. The lowest BCUT2D eigenvalue weighted by Crippen LogP contribution is -2.28. The van der Waals surface area contributed by atoms with Gasteiger partial charge in [-0.3, -0.25) is 10.8 Å². The zero-order valence-corrected chi connectivity index (χ0v) is 13.2. The molecule has 0 aliphatic rings. The van der Waals surface area contributed by atoms with Crippen molar-refractivity contribution in [2.75, 3.05) is 0 Å². The van der Waals surface area contributed by atoms with Gasteiger partial charge in [-0.25, -0.2) is 5.43 Å². The van der Waals surface area contributed by atoms with Crippen molar-refractivity contribution in [2.24, 2.45) is 5.84 Å². The van der Waals surface area contributed by atoms with Crippen LogP contribution in [0.4, 0.5) is 0 Å². The van der Waals surface area contributed by atoms with Crippen molar-refractivity contribution in [2.45, 2.75) is 26.0 Å². The molecule has 2 rings (SSSR count). The van der Waals surface area contributed by atoms with Crippen LogP contribution in [0.5, 0.6) is 5.75 Å². The quantitative estimate of drug-likeness (QED) is 0.647. The van der Waals surface area contributed by atoms with E-state index in [1.54, 1.807) is 23.7 Å². The average molecular weight is 342 g/mol. The first kappa shape index (κ1) is 14.5. The topological polar surface area (TPSA) is 60.2 Å². The second-order valence-corrected chi connectivity index (χ2v) is 6.16. The Kier molecular flexibility index (Phi) is 4.93. The highest BCUT2D eigenvalue weighted by Crippen LogP contribution is 2.33.